The molecule has 0 radical (unpaired) electrons. The normalized spacial score (nSPS) is 15.2. The third-order valence-corrected chi connectivity index (χ3v) is 3.82. The van der Waals surface area contributed by atoms with E-state index in [9.17, 15) is 0 Å². The van der Waals surface area contributed by atoms with Crippen LogP contribution in [-0.2, 0) is 19.4 Å². The van der Waals surface area contributed by atoms with Crippen LogP contribution in [0, 0.1) is 0 Å². The molecule has 3 nitrogen and oxygen atoms in total. The average molecular weight is 253 g/mol. The van der Waals surface area contributed by atoms with Crippen molar-refractivity contribution in [2.45, 2.75) is 19.4 Å². The van der Waals surface area contributed by atoms with E-state index in [1.165, 1.54) is 16.7 Å². The van der Waals surface area contributed by atoms with Gasteiger partial charge in [0.15, 0.2) is 0 Å². The maximum Gasteiger partial charge on any atom is 0.0350 e. The van der Waals surface area contributed by atoms with E-state index in [2.05, 4.69) is 28.1 Å². The number of nitrogens with zero attached hydrogens (tertiary/aromatic N) is 2. The quantitative estimate of drug-likeness (QED) is 0.853. The van der Waals surface area contributed by atoms with Gasteiger partial charge in [-0.25, -0.2) is 0 Å². The Balaban J connectivity index is 1.63. The highest BCUT2D eigenvalue weighted by Crippen LogP contribution is 2.23. The third kappa shape index (κ3) is 2.76. The lowest BCUT2D eigenvalue weighted by atomic mass is 9.98. The fourth-order valence-electron chi connectivity index (χ4n) is 2.72. The summed E-state index contributed by atoms with van der Waals surface area (Å²) in [6.07, 6.45) is 5.90. The number of hydrogen-bond donors (Lipinski definition) is 1. The standard InChI is InChI=1S/C16H19N3/c17-16-5-1-4-14-12-19(10-7-15(14)16)9-6-13-3-2-8-18-11-13/h1-5,8,11H,6-7,9-10,12,17H2. The first kappa shape index (κ1) is 12.2. The van der Waals surface area contributed by atoms with Gasteiger partial charge in [0.2, 0.25) is 0 Å². The van der Waals surface area contributed by atoms with Crippen molar-refractivity contribution in [3.63, 3.8) is 0 Å². The van der Waals surface area contributed by atoms with Crippen molar-refractivity contribution >= 4 is 5.69 Å². The zero-order chi connectivity index (χ0) is 13.1. The molecule has 0 fully saturated rings. The Morgan fingerprint density at radius 2 is 2.16 bits per heavy atom. The SMILES string of the molecule is Nc1cccc2c1CCN(CCc1cccnc1)C2. The number of anilines is 1. The highest BCUT2D eigenvalue weighted by Gasteiger charge is 2.17. The summed E-state index contributed by atoms with van der Waals surface area (Å²) in [5.41, 5.74) is 11.0. The number of benzene rings is 1. The zero-order valence-electron chi connectivity index (χ0n) is 11.0. The zero-order valence-corrected chi connectivity index (χ0v) is 11.0. The van der Waals surface area contributed by atoms with Gasteiger partial charge in [-0.1, -0.05) is 18.2 Å². The number of aromatic nitrogens is 1. The molecule has 3 rings (SSSR count). The smallest absolute Gasteiger partial charge is 0.0350 e. The monoisotopic (exact) mass is 253 g/mol. The molecule has 3 heteroatoms. The largest absolute Gasteiger partial charge is 0.398 e. The summed E-state index contributed by atoms with van der Waals surface area (Å²) in [5.74, 6) is 0. The molecule has 0 atom stereocenters. The van der Waals surface area contributed by atoms with Crippen LogP contribution in [0.3, 0.4) is 0 Å². The molecule has 0 amide bonds. The van der Waals surface area contributed by atoms with Crippen LogP contribution in [0.2, 0.25) is 0 Å². The van der Waals surface area contributed by atoms with E-state index >= 15 is 0 Å². The molecule has 0 bridgehead atoms. The van der Waals surface area contributed by atoms with Gasteiger partial charge in [0, 0.05) is 37.7 Å². The minimum Gasteiger partial charge on any atom is -0.398 e. The molecule has 1 aliphatic heterocycles. The molecule has 19 heavy (non-hydrogen) atoms. The summed E-state index contributed by atoms with van der Waals surface area (Å²) in [5, 5.41) is 0. The maximum absolute atomic E-state index is 6.03. The molecular weight excluding hydrogens is 234 g/mol. The summed E-state index contributed by atoms with van der Waals surface area (Å²) >= 11 is 0. The van der Waals surface area contributed by atoms with Gasteiger partial charge in [0.05, 0.1) is 0 Å². The lowest BCUT2D eigenvalue weighted by Crippen LogP contribution is -2.32. The molecule has 2 N–H and O–H groups in total. The lowest BCUT2D eigenvalue weighted by Gasteiger charge is -2.29. The first-order valence-corrected chi connectivity index (χ1v) is 6.80. The van der Waals surface area contributed by atoms with E-state index in [0.29, 0.717) is 0 Å². The van der Waals surface area contributed by atoms with Crippen molar-refractivity contribution in [1.29, 1.82) is 0 Å². The Labute approximate surface area is 114 Å². The number of nitrogens with two attached hydrogens (primary N) is 1. The Morgan fingerprint density at radius 1 is 1.21 bits per heavy atom. The first-order chi connectivity index (χ1) is 9.33. The van der Waals surface area contributed by atoms with E-state index in [0.717, 1.165) is 38.2 Å². The lowest BCUT2D eigenvalue weighted by molar-refractivity contribution is 0.257. The Hall–Kier alpha value is -1.87. The summed E-state index contributed by atoms with van der Waals surface area (Å²) in [6.45, 7) is 3.20. The second kappa shape index (κ2) is 5.41. The van der Waals surface area contributed by atoms with Gasteiger partial charge in [-0.3, -0.25) is 9.88 Å². The molecule has 0 saturated carbocycles. The topological polar surface area (TPSA) is 42.1 Å². The number of pyridine rings is 1. The van der Waals surface area contributed by atoms with Crippen molar-refractivity contribution in [2.75, 3.05) is 18.8 Å². The average Bonchev–Trinajstić information content (AvgIpc) is 2.46. The molecule has 98 valence electrons. The van der Waals surface area contributed by atoms with Crippen LogP contribution in [0.5, 0.6) is 0 Å². The summed E-state index contributed by atoms with van der Waals surface area (Å²) in [7, 11) is 0. The molecule has 0 aliphatic carbocycles. The highest BCUT2D eigenvalue weighted by atomic mass is 15.1. The molecule has 0 saturated heterocycles. The predicted molar refractivity (Wildman–Crippen MR) is 77.8 cm³/mol. The first-order valence-electron chi connectivity index (χ1n) is 6.80. The van der Waals surface area contributed by atoms with Gasteiger partial charge in [-0.05, 0) is 41.7 Å². The Kier molecular flexibility index (Phi) is 3.47. The minimum absolute atomic E-state index is 0.949. The fraction of sp³-hybridized carbons (Fsp3) is 0.312. The molecular formula is C16H19N3. The van der Waals surface area contributed by atoms with Crippen molar-refractivity contribution in [1.82, 2.24) is 9.88 Å². The van der Waals surface area contributed by atoms with Gasteiger partial charge in [-0.2, -0.15) is 0 Å². The van der Waals surface area contributed by atoms with Crippen LogP contribution in [0.15, 0.2) is 42.7 Å². The Bertz CT molecular complexity index is 551. The van der Waals surface area contributed by atoms with E-state index in [-0.39, 0.29) is 0 Å². The summed E-state index contributed by atoms with van der Waals surface area (Å²) in [4.78, 5) is 6.66. The van der Waals surface area contributed by atoms with Crippen molar-refractivity contribution in [2.24, 2.45) is 0 Å². The molecule has 2 heterocycles. The summed E-state index contributed by atoms with van der Waals surface area (Å²) < 4.78 is 0. The van der Waals surface area contributed by atoms with Crippen molar-refractivity contribution in [3.05, 3.63) is 59.4 Å². The number of hydrogen-bond acceptors (Lipinski definition) is 3. The van der Waals surface area contributed by atoms with Crippen LogP contribution in [0.1, 0.15) is 16.7 Å². The van der Waals surface area contributed by atoms with Crippen molar-refractivity contribution in [3.8, 4) is 0 Å². The van der Waals surface area contributed by atoms with Crippen LogP contribution in [0.25, 0.3) is 0 Å². The van der Waals surface area contributed by atoms with Crippen molar-refractivity contribution < 1.29 is 0 Å². The minimum atomic E-state index is 0.949. The van der Waals surface area contributed by atoms with Gasteiger partial charge in [-0.15, -0.1) is 0 Å². The fourth-order valence-corrected chi connectivity index (χ4v) is 2.72. The second-order valence-corrected chi connectivity index (χ2v) is 5.12. The van der Waals surface area contributed by atoms with E-state index in [1.54, 1.807) is 0 Å². The van der Waals surface area contributed by atoms with E-state index in [1.807, 2.05) is 24.5 Å². The van der Waals surface area contributed by atoms with Crippen LogP contribution < -0.4 is 5.73 Å². The van der Waals surface area contributed by atoms with E-state index in [4.69, 9.17) is 5.73 Å². The van der Waals surface area contributed by atoms with Gasteiger partial charge < -0.3 is 5.73 Å². The van der Waals surface area contributed by atoms with Crippen LogP contribution >= 0.6 is 0 Å². The molecule has 0 spiro atoms. The van der Waals surface area contributed by atoms with Gasteiger partial charge >= 0.3 is 0 Å². The highest BCUT2D eigenvalue weighted by molar-refractivity contribution is 5.51. The third-order valence-electron chi connectivity index (χ3n) is 3.82. The molecule has 0 unspecified atom stereocenters. The summed E-state index contributed by atoms with van der Waals surface area (Å²) in [6, 6.07) is 10.4. The molecule has 1 aliphatic rings. The molecule has 2 aromatic rings. The van der Waals surface area contributed by atoms with Crippen LogP contribution in [0.4, 0.5) is 5.69 Å². The second-order valence-electron chi connectivity index (χ2n) is 5.12. The van der Waals surface area contributed by atoms with Crippen LogP contribution in [-0.4, -0.2) is 23.0 Å². The van der Waals surface area contributed by atoms with Gasteiger partial charge in [0.1, 0.15) is 0 Å². The molecule has 1 aromatic carbocycles. The number of fused-ring (bicyclic) bond motifs is 1. The van der Waals surface area contributed by atoms with E-state index < -0.39 is 0 Å². The molecule has 1 aromatic heterocycles. The maximum atomic E-state index is 6.03. The Morgan fingerprint density at radius 3 is 3.00 bits per heavy atom. The number of rotatable bonds is 3. The predicted octanol–water partition coefficient (Wildman–Crippen LogP) is 2.26. The number of nitrogen functional groups attached to an aromatic ring is 1. The van der Waals surface area contributed by atoms with Gasteiger partial charge in [0.25, 0.3) is 0 Å².